The lowest BCUT2D eigenvalue weighted by atomic mass is 9.81. The summed E-state index contributed by atoms with van der Waals surface area (Å²) in [5, 5.41) is 5.98. The first kappa shape index (κ1) is 18.0. The average Bonchev–Trinajstić information content (AvgIpc) is 2.54. The zero-order valence-electron chi connectivity index (χ0n) is 13.8. The lowest BCUT2D eigenvalue weighted by molar-refractivity contribution is -0.128. The van der Waals surface area contributed by atoms with Crippen LogP contribution in [0.4, 0.5) is 5.69 Å². The van der Waals surface area contributed by atoms with Gasteiger partial charge in [0.05, 0.1) is 5.69 Å². The fourth-order valence-electron chi connectivity index (χ4n) is 2.86. The van der Waals surface area contributed by atoms with E-state index in [1.165, 1.54) is 0 Å². The third-order valence-electron chi connectivity index (χ3n) is 4.29. The first-order valence-corrected chi connectivity index (χ1v) is 9.09. The van der Waals surface area contributed by atoms with Gasteiger partial charge in [0.15, 0.2) is 0 Å². The molecular formula is C18H25BrN2O2. The molecule has 5 heteroatoms. The second kappa shape index (κ2) is 8.48. The highest BCUT2D eigenvalue weighted by Gasteiger charge is 2.30. The number of para-hydroxylation sites is 1. The van der Waals surface area contributed by atoms with Crippen LogP contribution in [0.5, 0.6) is 0 Å². The highest BCUT2D eigenvalue weighted by molar-refractivity contribution is 9.10. The molecule has 2 N–H and O–H groups in total. The summed E-state index contributed by atoms with van der Waals surface area (Å²) in [5.74, 6) is 0.712. The molecule has 1 aliphatic rings. The molecule has 2 amide bonds. The van der Waals surface area contributed by atoms with Crippen molar-refractivity contribution in [2.45, 2.75) is 39.5 Å². The number of carbonyl (C=O) groups is 2. The van der Waals surface area contributed by atoms with Gasteiger partial charge in [-0.25, -0.2) is 0 Å². The normalized spacial score (nSPS) is 21.0. The van der Waals surface area contributed by atoms with E-state index in [0.717, 1.165) is 42.4 Å². The van der Waals surface area contributed by atoms with Gasteiger partial charge >= 0.3 is 0 Å². The van der Waals surface area contributed by atoms with Crippen LogP contribution < -0.4 is 10.6 Å². The second-order valence-corrected chi connectivity index (χ2v) is 7.51. The third-order valence-corrected chi connectivity index (χ3v) is 4.98. The minimum absolute atomic E-state index is 0.00347. The number of rotatable bonds is 5. The van der Waals surface area contributed by atoms with Crippen molar-refractivity contribution in [1.82, 2.24) is 5.32 Å². The SMILES string of the molecule is CC(C)CNC(=O)C1CCC(C(=O)Nc2ccccc2Br)CC1. The molecule has 1 fully saturated rings. The van der Waals surface area contributed by atoms with Crippen LogP contribution in [0, 0.1) is 17.8 Å². The number of benzene rings is 1. The first-order valence-electron chi connectivity index (χ1n) is 8.30. The number of amides is 2. The van der Waals surface area contributed by atoms with E-state index in [0.29, 0.717) is 5.92 Å². The van der Waals surface area contributed by atoms with Crippen molar-refractivity contribution in [3.8, 4) is 0 Å². The second-order valence-electron chi connectivity index (χ2n) is 6.66. The largest absolute Gasteiger partial charge is 0.356 e. The van der Waals surface area contributed by atoms with Gasteiger partial charge in [0, 0.05) is 22.9 Å². The molecule has 0 spiro atoms. The lowest BCUT2D eigenvalue weighted by Gasteiger charge is -2.27. The van der Waals surface area contributed by atoms with Crippen LogP contribution in [0.25, 0.3) is 0 Å². The molecule has 4 nitrogen and oxygen atoms in total. The van der Waals surface area contributed by atoms with Gasteiger partial charge < -0.3 is 10.6 Å². The van der Waals surface area contributed by atoms with Crippen LogP contribution in [0.1, 0.15) is 39.5 Å². The van der Waals surface area contributed by atoms with Gasteiger partial charge in [-0.05, 0) is 59.7 Å². The predicted octanol–water partition coefficient (Wildman–Crippen LogP) is 3.97. The maximum Gasteiger partial charge on any atom is 0.227 e. The molecule has 0 atom stereocenters. The summed E-state index contributed by atoms with van der Waals surface area (Å²) in [6, 6.07) is 7.61. The summed E-state index contributed by atoms with van der Waals surface area (Å²) in [6.07, 6.45) is 3.13. The molecule has 1 aromatic carbocycles. The van der Waals surface area contributed by atoms with Crippen molar-refractivity contribution in [2.24, 2.45) is 17.8 Å². The molecule has 0 aromatic heterocycles. The fraction of sp³-hybridized carbons (Fsp3) is 0.556. The van der Waals surface area contributed by atoms with Crippen LogP contribution in [0.15, 0.2) is 28.7 Å². The molecule has 126 valence electrons. The Kier molecular flexibility index (Phi) is 6.63. The topological polar surface area (TPSA) is 58.2 Å². The maximum atomic E-state index is 12.4. The molecule has 2 rings (SSSR count). The Morgan fingerprint density at radius 2 is 1.65 bits per heavy atom. The number of anilines is 1. The molecule has 1 aromatic rings. The van der Waals surface area contributed by atoms with Gasteiger partial charge in [0.1, 0.15) is 0 Å². The van der Waals surface area contributed by atoms with Crippen molar-refractivity contribution in [1.29, 1.82) is 0 Å². The van der Waals surface area contributed by atoms with E-state index >= 15 is 0 Å². The molecule has 0 saturated heterocycles. The van der Waals surface area contributed by atoms with Crippen molar-refractivity contribution < 1.29 is 9.59 Å². The summed E-state index contributed by atoms with van der Waals surface area (Å²) < 4.78 is 0.884. The molecule has 0 unspecified atom stereocenters. The Labute approximate surface area is 146 Å². The van der Waals surface area contributed by atoms with E-state index in [1.54, 1.807) is 0 Å². The molecular weight excluding hydrogens is 356 g/mol. The molecule has 1 saturated carbocycles. The fourth-order valence-corrected chi connectivity index (χ4v) is 3.25. The van der Waals surface area contributed by atoms with E-state index in [4.69, 9.17) is 0 Å². The summed E-state index contributed by atoms with van der Waals surface area (Å²) in [6.45, 7) is 4.90. The van der Waals surface area contributed by atoms with Crippen LogP contribution in [-0.4, -0.2) is 18.4 Å². The lowest BCUT2D eigenvalue weighted by Crippen LogP contribution is -2.37. The predicted molar refractivity (Wildman–Crippen MR) is 96.1 cm³/mol. The van der Waals surface area contributed by atoms with Gasteiger partial charge in [-0.2, -0.15) is 0 Å². The summed E-state index contributed by atoms with van der Waals surface area (Å²) in [5.41, 5.74) is 0.800. The van der Waals surface area contributed by atoms with Crippen LogP contribution in [0.3, 0.4) is 0 Å². The minimum Gasteiger partial charge on any atom is -0.356 e. The molecule has 23 heavy (non-hydrogen) atoms. The molecule has 0 aliphatic heterocycles. The highest BCUT2D eigenvalue weighted by Crippen LogP contribution is 2.30. The van der Waals surface area contributed by atoms with Gasteiger partial charge in [0.25, 0.3) is 0 Å². The maximum absolute atomic E-state index is 12.4. The standard InChI is InChI=1S/C18H25BrN2O2/c1-12(2)11-20-17(22)13-7-9-14(10-8-13)18(23)21-16-6-4-3-5-15(16)19/h3-6,12-14H,7-11H2,1-2H3,(H,20,22)(H,21,23). The van der Waals surface area contributed by atoms with E-state index < -0.39 is 0 Å². The van der Waals surface area contributed by atoms with Crippen LogP contribution >= 0.6 is 15.9 Å². The van der Waals surface area contributed by atoms with Gasteiger partial charge in [-0.1, -0.05) is 26.0 Å². The van der Waals surface area contributed by atoms with Gasteiger partial charge in [0.2, 0.25) is 11.8 Å². The zero-order valence-corrected chi connectivity index (χ0v) is 15.4. The molecule has 0 radical (unpaired) electrons. The van der Waals surface area contributed by atoms with E-state index in [1.807, 2.05) is 24.3 Å². The third kappa shape index (κ3) is 5.34. The van der Waals surface area contributed by atoms with Crippen molar-refractivity contribution >= 4 is 33.4 Å². The van der Waals surface area contributed by atoms with E-state index in [2.05, 4.69) is 40.4 Å². The van der Waals surface area contributed by atoms with E-state index in [9.17, 15) is 9.59 Å². The van der Waals surface area contributed by atoms with Gasteiger partial charge in [-0.3, -0.25) is 9.59 Å². The molecule has 0 bridgehead atoms. The highest BCUT2D eigenvalue weighted by atomic mass is 79.9. The minimum atomic E-state index is -0.00347. The summed E-state index contributed by atoms with van der Waals surface area (Å²) >= 11 is 3.44. The Morgan fingerprint density at radius 1 is 1.09 bits per heavy atom. The Hall–Kier alpha value is -1.36. The quantitative estimate of drug-likeness (QED) is 0.811. The van der Waals surface area contributed by atoms with Crippen molar-refractivity contribution in [3.05, 3.63) is 28.7 Å². The smallest absolute Gasteiger partial charge is 0.227 e. The number of nitrogens with one attached hydrogen (secondary N) is 2. The zero-order chi connectivity index (χ0) is 16.8. The van der Waals surface area contributed by atoms with Gasteiger partial charge in [-0.15, -0.1) is 0 Å². The Bertz CT molecular complexity index is 552. The first-order chi connectivity index (χ1) is 11.0. The Morgan fingerprint density at radius 3 is 2.22 bits per heavy atom. The Balaban J connectivity index is 1.81. The molecule has 0 heterocycles. The number of hydrogen-bond donors (Lipinski definition) is 2. The summed E-state index contributed by atoms with van der Waals surface area (Å²) in [7, 11) is 0. The number of halogens is 1. The monoisotopic (exact) mass is 380 g/mol. The van der Waals surface area contributed by atoms with Crippen molar-refractivity contribution in [3.63, 3.8) is 0 Å². The number of hydrogen-bond acceptors (Lipinski definition) is 2. The van der Waals surface area contributed by atoms with E-state index in [-0.39, 0.29) is 23.7 Å². The average molecular weight is 381 g/mol. The number of carbonyl (C=O) groups excluding carboxylic acids is 2. The molecule has 1 aliphatic carbocycles. The van der Waals surface area contributed by atoms with Crippen LogP contribution in [0.2, 0.25) is 0 Å². The van der Waals surface area contributed by atoms with Crippen LogP contribution in [-0.2, 0) is 9.59 Å². The summed E-state index contributed by atoms with van der Waals surface area (Å²) in [4.78, 5) is 24.5. The van der Waals surface area contributed by atoms with Crippen molar-refractivity contribution in [2.75, 3.05) is 11.9 Å².